The van der Waals surface area contributed by atoms with Crippen LogP contribution in [0, 0.1) is 11.8 Å². The first-order valence-corrected chi connectivity index (χ1v) is 8.89. The van der Waals surface area contributed by atoms with Gasteiger partial charge >= 0.3 is 0 Å². The number of benzene rings is 1. The lowest BCUT2D eigenvalue weighted by Crippen LogP contribution is -2.37. The molecule has 0 saturated carbocycles. The summed E-state index contributed by atoms with van der Waals surface area (Å²) < 4.78 is 0. The van der Waals surface area contributed by atoms with Gasteiger partial charge in [-0.15, -0.1) is 0 Å². The van der Waals surface area contributed by atoms with Gasteiger partial charge in [-0.1, -0.05) is 24.0 Å². The van der Waals surface area contributed by atoms with Gasteiger partial charge in [-0.3, -0.25) is 19.7 Å². The number of aliphatic hydroxyl groups is 1. The van der Waals surface area contributed by atoms with E-state index < -0.39 is 5.60 Å². The molecule has 138 valence electrons. The smallest absolute Gasteiger partial charge is 0.267 e. The summed E-state index contributed by atoms with van der Waals surface area (Å²) in [6.07, 6.45) is 7.04. The van der Waals surface area contributed by atoms with Gasteiger partial charge < -0.3 is 10.0 Å². The first-order valence-electron chi connectivity index (χ1n) is 8.89. The lowest BCUT2D eigenvalue weighted by molar-refractivity contribution is -0.137. The van der Waals surface area contributed by atoms with Crippen LogP contribution < -0.4 is 0 Å². The highest BCUT2D eigenvalue weighted by molar-refractivity contribution is 5.90. The van der Waals surface area contributed by atoms with E-state index in [4.69, 9.17) is 0 Å². The van der Waals surface area contributed by atoms with E-state index in [0.29, 0.717) is 18.5 Å². The molecule has 6 nitrogen and oxygen atoms in total. The monoisotopic (exact) mass is 370 g/mol. The number of amides is 1. The van der Waals surface area contributed by atoms with Gasteiger partial charge in [0.15, 0.2) is 0 Å². The summed E-state index contributed by atoms with van der Waals surface area (Å²) in [5, 5.41) is 10.5. The molecule has 1 N–H and O–H groups in total. The highest BCUT2D eigenvalue weighted by Crippen LogP contribution is 2.24. The zero-order valence-electron chi connectivity index (χ0n) is 15.3. The maximum atomic E-state index is 12.1. The Balaban J connectivity index is 1.64. The number of likely N-dealkylation sites (tertiary alicyclic amines) is 1. The van der Waals surface area contributed by atoms with Gasteiger partial charge in [0.05, 0.1) is 17.6 Å². The van der Waals surface area contributed by atoms with Crippen molar-refractivity contribution in [3.63, 3.8) is 0 Å². The first-order chi connectivity index (χ1) is 13.5. The summed E-state index contributed by atoms with van der Waals surface area (Å²) >= 11 is 0. The predicted octanol–water partition coefficient (Wildman–Crippen LogP) is 2.15. The average Bonchev–Trinajstić information content (AvgIpc) is 3.01. The molecule has 1 aromatic carbocycles. The molecule has 0 radical (unpaired) electrons. The Morgan fingerprint density at radius 1 is 1.07 bits per heavy atom. The molecule has 4 rings (SSSR count). The minimum atomic E-state index is -1.60. The van der Waals surface area contributed by atoms with Crippen molar-refractivity contribution in [2.45, 2.75) is 12.0 Å². The van der Waals surface area contributed by atoms with Crippen molar-refractivity contribution in [2.24, 2.45) is 0 Å². The summed E-state index contributed by atoms with van der Waals surface area (Å²) in [7, 11) is 1.67. The molecule has 0 bridgehead atoms. The van der Waals surface area contributed by atoms with E-state index in [9.17, 15) is 9.90 Å². The number of aromatic nitrogens is 3. The lowest BCUT2D eigenvalue weighted by Gasteiger charge is -2.13. The van der Waals surface area contributed by atoms with E-state index in [1.54, 1.807) is 31.8 Å². The molecule has 1 aliphatic rings. The van der Waals surface area contributed by atoms with Crippen LogP contribution >= 0.6 is 0 Å². The number of carbonyl (C=O) groups excluding carboxylic acids is 1. The van der Waals surface area contributed by atoms with Crippen LogP contribution in [-0.2, 0) is 4.79 Å². The highest BCUT2D eigenvalue weighted by atomic mass is 16.3. The minimum Gasteiger partial charge on any atom is -0.369 e. The van der Waals surface area contributed by atoms with Crippen LogP contribution in [0.4, 0.5) is 0 Å². The second-order valence-corrected chi connectivity index (χ2v) is 6.69. The molecular formula is C22H18N4O2. The van der Waals surface area contributed by atoms with Crippen molar-refractivity contribution in [2.75, 3.05) is 13.6 Å². The topological polar surface area (TPSA) is 79.2 Å². The molecule has 0 unspecified atom stereocenters. The van der Waals surface area contributed by atoms with Crippen LogP contribution in [0.25, 0.3) is 22.5 Å². The van der Waals surface area contributed by atoms with Crippen molar-refractivity contribution in [3.8, 4) is 34.4 Å². The summed E-state index contributed by atoms with van der Waals surface area (Å²) in [6, 6.07) is 11.4. The molecular weight excluding hydrogens is 352 g/mol. The summed E-state index contributed by atoms with van der Waals surface area (Å²) in [5.41, 5.74) is 2.47. The van der Waals surface area contributed by atoms with E-state index in [2.05, 4.69) is 26.8 Å². The maximum absolute atomic E-state index is 12.1. The first kappa shape index (κ1) is 17.8. The number of hydrogen-bond acceptors (Lipinski definition) is 5. The SMILES string of the molecule is CN1CC[C@@](O)(C#Cc2cccc(-c3cc(-c4cnccn4)ccn3)c2)C1=O. The van der Waals surface area contributed by atoms with E-state index in [1.807, 2.05) is 36.4 Å². The van der Waals surface area contributed by atoms with Crippen LogP contribution in [0.2, 0.25) is 0 Å². The number of hydrogen-bond donors (Lipinski definition) is 1. The molecule has 1 saturated heterocycles. The number of nitrogens with zero attached hydrogens (tertiary/aromatic N) is 4. The number of pyridine rings is 1. The van der Waals surface area contributed by atoms with Crippen molar-refractivity contribution in [1.29, 1.82) is 0 Å². The molecule has 3 aromatic rings. The molecule has 2 aromatic heterocycles. The zero-order valence-corrected chi connectivity index (χ0v) is 15.3. The third-order valence-corrected chi connectivity index (χ3v) is 4.70. The van der Waals surface area contributed by atoms with Crippen molar-refractivity contribution in [3.05, 3.63) is 66.7 Å². The third-order valence-electron chi connectivity index (χ3n) is 4.70. The second kappa shape index (κ2) is 7.22. The Labute approximate surface area is 162 Å². The fourth-order valence-electron chi connectivity index (χ4n) is 3.10. The summed E-state index contributed by atoms with van der Waals surface area (Å²) in [4.78, 5) is 26.4. The quantitative estimate of drug-likeness (QED) is 0.700. The lowest BCUT2D eigenvalue weighted by atomic mass is 10.0. The van der Waals surface area contributed by atoms with Gasteiger partial charge in [-0.25, -0.2) is 0 Å². The largest absolute Gasteiger partial charge is 0.369 e. The van der Waals surface area contributed by atoms with Gasteiger partial charge in [0, 0.05) is 55.3 Å². The van der Waals surface area contributed by atoms with Crippen LogP contribution in [0.3, 0.4) is 0 Å². The van der Waals surface area contributed by atoms with Crippen LogP contribution in [0.1, 0.15) is 12.0 Å². The predicted molar refractivity (Wildman–Crippen MR) is 105 cm³/mol. The number of likely N-dealkylation sites (N-methyl/N-ethyl adjacent to an activating group) is 1. The molecule has 0 spiro atoms. The van der Waals surface area contributed by atoms with Gasteiger partial charge in [0.1, 0.15) is 0 Å². The zero-order chi connectivity index (χ0) is 19.6. The Hall–Kier alpha value is -3.56. The normalized spacial score (nSPS) is 18.6. The van der Waals surface area contributed by atoms with Crippen LogP contribution in [0.5, 0.6) is 0 Å². The third kappa shape index (κ3) is 3.48. The standard InChI is InChI=1S/C22H18N4O2/c1-26-12-8-22(28,21(26)27)7-5-16-3-2-4-17(13-16)19-14-18(6-9-24-19)20-15-23-10-11-25-20/h2-4,6,9-11,13-15,28H,8,12H2,1H3/t22-/m0/s1. The molecule has 1 aliphatic heterocycles. The molecule has 28 heavy (non-hydrogen) atoms. The Morgan fingerprint density at radius 3 is 2.64 bits per heavy atom. The van der Waals surface area contributed by atoms with Gasteiger partial charge in [-0.2, -0.15) is 0 Å². The Bertz CT molecular complexity index is 1090. The second-order valence-electron chi connectivity index (χ2n) is 6.69. The van der Waals surface area contributed by atoms with Gasteiger partial charge in [-0.05, 0) is 24.3 Å². The van der Waals surface area contributed by atoms with Gasteiger partial charge in [0.2, 0.25) is 5.60 Å². The molecule has 1 amide bonds. The number of carbonyl (C=O) groups is 1. The molecule has 0 aliphatic carbocycles. The van der Waals surface area contributed by atoms with E-state index in [0.717, 1.165) is 22.5 Å². The minimum absolute atomic E-state index is 0.316. The van der Waals surface area contributed by atoms with E-state index in [1.165, 1.54) is 4.90 Å². The number of rotatable bonds is 2. The van der Waals surface area contributed by atoms with Crippen molar-refractivity contribution in [1.82, 2.24) is 19.9 Å². The van der Waals surface area contributed by atoms with Crippen LogP contribution in [-0.4, -0.2) is 50.1 Å². The average molecular weight is 370 g/mol. The van der Waals surface area contributed by atoms with E-state index >= 15 is 0 Å². The summed E-state index contributed by atoms with van der Waals surface area (Å²) in [5.74, 6) is 5.33. The Kier molecular flexibility index (Phi) is 4.60. The fourth-order valence-corrected chi connectivity index (χ4v) is 3.10. The van der Waals surface area contributed by atoms with Crippen LogP contribution in [0.15, 0.2) is 61.2 Å². The maximum Gasteiger partial charge on any atom is 0.267 e. The molecule has 1 atom stereocenters. The van der Waals surface area contributed by atoms with Gasteiger partial charge in [0.25, 0.3) is 5.91 Å². The van der Waals surface area contributed by atoms with Crippen molar-refractivity contribution < 1.29 is 9.90 Å². The fraction of sp³-hybridized carbons (Fsp3) is 0.182. The van der Waals surface area contributed by atoms with Crippen molar-refractivity contribution >= 4 is 5.91 Å². The summed E-state index contributed by atoms with van der Waals surface area (Å²) in [6.45, 7) is 0.503. The molecule has 1 fully saturated rings. The highest BCUT2D eigenvalue weighted by Gasteiger charge is 2.42. The molecule has 6 heteroatoms. The van der Waals surface area contributed by atoms with E-state index in [-0.39, 0.29) is 5.91 Å². The molecule has 3 heterocycles. The Morgan fingerprint density at radius 2 is 1.89 bits per heavy atom.